The van der Waals surface area contributed by atoms with Gasteiger partial charge in [0.25, 0.3) is 5.56 Å². The zero-order valence-corrected chi connectivity index (χ0v) is 36.1. The van der Waals surface area contributed by atoms with Crippen molar-refractivity contribution in [2.45, 2.75) is 88.5 Å². The van der Waals surface area contributed by atoms with Gasteiger partial charge in [-0.05, 0) is 92.8 Å². The molecule has 2 heterocycles. The van der Waals surface area contributed by atoms with Crippen LogP contribution in [0.1, 0.15) is 72.8 Å². The third-order valence-electron chi connectivity index (χ3n) is 11.0. The number of fused-ring (bicyclic) bond motifs is 1. The van der Waals surface area contributed by atoms with E-state index in [0.717, 1.165) is 90.7 Å². The predicted molar refractivity (Wildman–Crippen MR) is 228 cm³/mol. The summed E-state index contributed by atoms with van der Waals surface area (Å²) in [6.45, 7) is 11.0. The van der Waals surface area contributed by atoms with Gasteiger partial charge in [-0.2, -0.15) is 18.2 Å². The number of hydrogen-bond donors (Lipinski definition) is 4. The molecule has 0 bridgehead atoms. The van der Waals surface area contributed by atoms with Crippen LogP contribution in [0.3, 0.4) is 0 Å². The van der Waals surface area contributed by atoms with E-state index in [9.17, 15) is 31.9 Å². The van der Waals surface area contributed by atoms with Crippen molar-refractivity contribution >= 4 is 23.7 Å². The number of aliphatic hydroxyl groups is 2. The zero-order valence-electron chi connectivity index (χ0n) is 35.3. The van der Waals surface area contributed by atoms with Gasteiger partial charge in [0.15, 0.2) is 23.2 Å². The first-order chi connectivity index (χ1) is 29.9. The summed E-state index contributed by atoms with van der Waals surface area (Å²) in [5, 5.41) is 42.6. The quantitative estimate of drug-likeness (QED) is 0.0474. The number of halogens is 4. The van der Waals surface area contributed by atoms with E-state index in [1.807, 2.05) is 24.3 Å². The van der Waals surface area contributed by atoms with Crippen LogP contribution in [0, 0.1) is 5.82 Å². The minimum Gasteiger partial charge on any atom is -0.479 e. The summed E-state index contributed by atoms with van der Waals surface area (Å²) in [5.74, 6) is -1.80. The van der Waals surface area contributed by atoms with Crippen molar-refractivity contribution in [2.24, 2.45) is 0 Å². The van der Waals surface area contributed by atoms with E-state index in [1.54, 1.807) is 12.1 Å². The van der Waals surface area contributed by atoms with Crippen LogP contribution < -0.4 is 5.56 Å². The van der Waals surface area contributed by atoms with Crippen LogP contribution >= 0.6 is 11.8 Å². The van der Waals surface area contributed by atoms with Gasteiger partial charge < -0.3 is 34.5 Å². The molecule has 1 aliphatic carbocycles. The Morgan fingerprint density at radius 3 is 1.94 bits per heavy atom. The van der Waals surface area contributed by atoms with Crippen molar-refractivity contribution in [2.75, 3.05) is 33.2 Å². The van der Waals surface area contributed by atoms with E-state index >= 15 is 0 Å². The predicted octanol–water partition coefficient (Wildman–Crippen LogP) is 5.75. The second-order valence-corrected chi connectivity index (χ2v) is 16.0. The molecule has 5 aromatic rings. The molecule has 0 amide bonds. The summed E-state index contributed by atoms with van der Waals surface area (Å²) < 4.78 is 57.3. The molecule has 14 nitrogen and oxygen atoms in total. The molecule has 338 valence electrons. The largest absolute Gasteiger partial charge is 0.479 e. The average molecular weight is 898 g/mol. The molecule has 1 aliphatic rings. The Labute approximate surface area is 365 Å². The van der Waals surface area contributed by atoms with Crippen molar-refractivity contribution in [1.29, 1.82) is 0 Å². The second kappa shape index (κ2) is 21.7. The normalized spacial score (nSPS) is 14.0. The average Bonchev–Trinajstić information content (AvgIpc) is 3.92. The fourth-order valence-corrected chi connectivity index (χ4v) is 7.98. The lowest BCUT2D eigenvalue weighted by Gasteiger charge is -2.28. The van der Waals surface area contributed by atoms with Crippen LogP contribution in [-0.2, 0) is 47.4 Å². The van der Waals surface area contributed by atoms with E-state index in [2.05, 4.69) is 51.7 Å². The number of carboxylic acid groups (broad SMARTS) is 2. The first-order valence-electron chi connectivity index (χ1n) is 20.3. The Kier molecular flexibility index (Phi) is 16.8. The maximum atomic E-state index is 13.6. The third-order valence-corrected chi connectivity index (χ3v) is 12.0. The van der Waals surface area contributed by atoms with Gasteiger partial charge in [0, 0.05) is 30.1 Å². The van der Waals surface area contributed by atoms with Crippen LogP contribution in [0.4, 0.5) is 17.6 Å². The van der Waals surface area contributed by atoms with Crippen molar-refractivity contribution in [3.05, 3.63) is 129 Å². The molecule has 0 radical (unpaired) electrons. The molecule has 63 heavy (non-hydrogen) atoms. The van der Waals surface area contributed by atoms with E-state index < -0.39 is 35.9 Å². The molecule has 0 saturated carbocycles. The van der Waals surface area contributed by atoms with Crippen molar-refractivity contribution < 1.29 is 47.6 Å². The number of carbonyl (C=O) groups is 2. The molecule has 4 N–H and O–H groups in total. The summed E-state index contributed by atoms with van der Waals surface area (Å²) in [4.78, 5) is 41.9. The van der Waals surface area contributed by atoms with Crippen LogP contribution in [0.5, 0.6) is 0 Å². The molecule has 0 fully saturated rings. The number of alkyl halides is 3. The highest BCUT2D eigenvalue weighted by molar-refractivity contribution is 7.98. The molecule has 0 saturated heterocycles. The van der Waals surface area contributed by atoms with Gasteiger partial charge in [-0.1, -0.05) is 74.1 Å². The van der Waals surface area contributed by atoms with Crippen LogP contribution in [0.25, 0.3) is 11.1 Å². The number of aliphatic hydroxyl groups excluding tert-OH is 2. The molecular formula is C44H51F4N7O7S. The lowest BCUT2D eigenvalue weighted by atomic mass is 10.0. The monoisotopic (exact) mass is 897 g/mol. The maximum Gasteiger partial charge on any atom is 0.416 e. The van der Waals surface area contributed by atoms with E-state index in [-0.39, 0.29) is 17.4 Å². The molecular weight excluding hydrogens is 847 g/mol. The highest BCUT2D eigenvalue weighted by Gasteiger charge is 2.31. The molecule has 19 heteroatoms. The van der Waals surface area contributed by atoms with Crippen LogP contribution in [0.15, 0.2) is 82.7 Å². The Balaban J connectivity index is 0.000000667. The number of thioether (sulfide) groups is 1. The zero-order chi connectivity index (χ0) is 46.0. The Hall–Kier alpha value is -5.47. The lowest BCUT2D eigenvalue weighted by molar-refractivity contribution is -0.165. The van der Waals surface area contributed by atoms with E-state index in [4.69, 9.17) is 30.6 Å². The first kappa shape index (κ1) is 48.6. The van der Waals surface area contributed by atoms with E-state index in [1.165, 1.54) is 36.0 Å². The summed E-state index contributed by atoms with van der Waals surface area (Å²) in [5.41, 5.74) is 4.24. The standard InChI is InChI=1S/C40H45F4N7OS.C4H6O6/c1-5-49(6-2)23-22-48(4)27(3)37-47-46-36(51(37)24-28-10-14-30(15-11-28)31-16-18-32(19-17-31)40(42,43)44)25-50-35-9-7-8-34(35)38(52)45-39(50)53-26-29-12-20-33(41)21-13-29;5-1(3(7)8)2(6)4(9)10/h10-21,27H,5-9,22-26H2,1-4H3;1-2,5-6H,(H,7,8)(H,9,10). The summed E-state index contributed by atoms with van der Waals surface area (Å²) in [6.07, 6.45) is -6.61. The van der Waals surface area contributed by atoms with Gasteiger partial charge >= 0.3 is 18.1 Å². The molecule has 3 unspecified atom stereocenters. The van der Waals surface area contributed by atoms with Crippen molar-refractivity contribution in [3.63, 3.8) is 0 Å². The van der Waals surface area contributed by atoms with E-state index in [0.29, 0.717) is 36.0 Å². The van der Waals surface area contributed by atoms with Crippen LogP contribution in [-0.4, -0.2) is 112 Å². The minimum absolute atomic E-state index is 0.0663. The second-order valence-electron chi connectivity index (χ2n) is 15.1. The Morgan fingerprint density at radius 1 is 0.810 bits per heavy atom. The number of benzene rings is 3. The summed E-state index contributed by atoms with van der Waals surface area (Å²) in [7, 11) is 2.09. The number of hydrogen-bond acceptors (Lipinski definition) is 11. The van der Waals surface area contributed by atoms with Gasteiger partial charge in [0.1, 0.15) is 11.6 Å². The maximum absolute atomic E-state index is 13.6. The molecule has 3 atom stereocenters. The minimum atomic E-state index is -4.39. The molecule has 0 aliphatic heterocycles. The van der Waals surface area contributed by atoms with Gasteiger partial charge in [0.05, 0.1) is 24.7 Å². The number of carboxylic acids is 2. The fourth-order valence-electron chi connectivity index (χ4n) is 7.01. The number of aromatic nitrogens is 5. The number of nitrogens with zero attached hydrogens (tertiary/aromatic N) is 7. The smallest absolute Gasteiger partial charge is 0.416 e. The van der Waals surface area contributed by atoms with Crippen molar-refractivity contribution in [3.8, 4) is 11.1 Å². The molecule has 2 aromatic heterocycles. The third kappa shape index (κ3) is 12.6. The Bertz CT molecular complexity index is 2360. The van der Waals surface area contributed by atoms with Crippen LogP contribution in [0.2, 0.25) is 0 Å². The number of rotatable bonds is 18. The SMILES string of the molecule is CCN(CC)CCN(C)C(C)c1nnc(Cn2c(SCc3ccc(F)cc3)nc(=O)c3c2CCC3)n1Cc1ccc(-c2ccc(C(F)(F)F)cc2)cc1.O=C(O)C(O)C(O)C(=O)O. The number of likely N-dealkylation sites (N-methyl/N-ethyl adjacent to an activating group) is 2. The Morgan fingerprint density at radius 2 is 1.38 bits per heavy atom. The lowest BCUT2D eigenvalue weighted by Crippen LogP contribution is -2.39. The topological polar surface area (TPSA) is 187 Å². The molecule has 6 rings (SSSR count). The van der Waals surface area contributed by atoms with Gasteiger partial charge in [-0.25, -0.2) is 14.0 Å². The fraction of sp³-hybridized carbons (Fsp3) is 0.409. The van der Waals surface area contributed by atoms with Gasteiger partial charge in [-0.3, -0.25) is 9.69 Å². The highest BCUT2D eigenvalue weighted by atomic mass is 32.2. The first-order valence-corrected chi connectivity index (χ1v) is 21.3. The number of aliphatic carboxylic acids is 2. The highest BCUT2D eigenvalue weighted by Crippen LogP contribution is 2.32. The summed E-state index contributed by atoms with van der Waals surface area (Å²) >= 11 is 1.45. The van der Waals surface area contributed by atoms with Gasteiger partial charge in [-0.15, -0.1) is 10.2 Å². The molecule has 3 aromatic carbocycles. The van der Waals surface area contributed by atoms with Crippen molar-refractivity contribution in [1.82, 2.24) is 34.1 Å². The summed E-state index contributed by atoms with van der Waals surface area (Å²) in [6, 6.07) is 19.3. The molecule has 0 spiro atoms. The van der Waals surface area contributed by atoms with Gasteiger partial charge in [0.2, 0.25) is 0 Å².